The normalized spacial score (nSPS) is 15.4. The summed E-state index contributed by atoms with van der Waals surface area (Å²) in [5, 5.41) is 11.7. The SMILES string of the molecule is CC(C)(C)C(Nc1nnc2n(c1=O)CCC2)c1ccccc1. The van der Waals surface area contributed by atoms with Gasteiger partial charge in [-0.15, -0.1) is 10.2 Å². The van der Waals surface area contributed by atoms with Gasteiger partial charge in [0.2, 0.25) is 5.82 Å². The highest BCUT2D eigenvalue weighted by Crippen LogP contribution is 2.34. The van der Waals surface area contributed by atoms with Crippen molar-refractivity contribution in [3.63, 3.8) is 0 Å². The van der Waals surface area contributed by atoms with Crippen molar-refractivity contribution in [2.45, 2.75) is 46.2 Å². The number of fused-ring (bicyclic) bond motifs is 1. The Balaban J connectivity index is 1.97. The molecule has 22 heavy (non-hydrogen) atoms. The number of hydrogen-bond donors (Lipinski definition) is 1. The lowest BCUT2D eigenvalue weighted by atomic mass is 9.82. The molecule has 0 aliphatic carbocycles. The van der Waals surface area contributed by atoms with Gasteiger partial charge in [0.25, 0.3) is 5.56 Å². The molecule has 1 atom stereocenters. The zero-order chi connectivity index (χ0) is 15.7. The standard InChI is InChI=1S/C17H22N4O/c1-17(2,3)14(12-8-5-4-6-9-12)18-15-16(22)21-11-7-10-13(21)19-20-15/h4-6,8-9,14H,7,10-11H2,1-3H3,(H,18,20). The van der Waals surface area contributed by atoms with Crippen molar-refractivity contribution in [3.05, 3.63) is 52.1 Å². The molecule has 0 fully saturated rings. The van der Waals surface area contributed by atoms with Crippen LogP contribution in [-0.2, 0) is 13.0 Å². The fourth-order valence-electron chi connectivity index (χ4n) is 2.93. The van der Waals surface area contributed by atoms with Crippen molar-refractivity contribution in [1.29, 1.82) is 0 Å². The van der Waals surface area contributed by atoms with Crippen LogP contribution in [0.5, 0.6) is 0 Å². The van der Waals surface area contributed by atoms with E-state index in [1.807, 2.05) is 18.2 Å². The molecule has 5 nitrogen and oxygen atoms in total. The van der Waals surface area contributed by atoms with E-state index in [0.29, 0.717) is 5.82 Å². The van der Waals surface area contributed by atoms with Gasteiger partial charge in [-0.2, -0.15) is 0 Å². The van der Waals surface area contributed by atoms with E-state index in [1.165, 1.54) is 0 Å². The molecule has 0 saturated carbocycles. The molecule has 0 radical (unpaired) electrons. The molecule has 2 heterocycles. The summed E-state index contributed by atoms with van der Waals surface area (Å²) in [5.74, 6) is 1.14. The molecular formula is C17H22N4O. The maximum atomic E-state index is 12.6. The van der Waals surface area contributed by atoms with Crippen molar-refractivity contribution in [2.75, 3.05) is 5.32 Å². The largest absolute Gasteiger partial charge is 0.357 e. The molecule has 1 aliphatic rings. The summed E-state index contributed by atoms with van der Waals surface area (Å²) in [4.78, 5) is 12.6. The van der Waals surface area contributed by atoms with Crippen LogP contribution in [0.1, 0.15) is 44.6 Å². The smallest absolute Gasteiger partial charge is 0.296 e. The monoisotopic (exact) mass is 298 g/mol. The van der Waals surface area contributed by atoms with Gasteiger partial charge in [0, 0.05) is 13.0 Å². The lowest BCUT2D eigenvalue weighted by Crippen LogP contribution is -2.32. The first-order valence-electron chi connectivity index (χ1n) is 7.75. The summed E-state index contributed by atoms with van der Waals surface area (Å²) in [5.41, 5.74) is 1.02. The molecular weight excluding hydrogens is 276 g/mol. The molecule has 116 valence electrons. The Labute approximate surface area is 130 Å². The molecule has 0 bridgehead atoms. The van der Waals surface area contributed by atoms with E-state index in [-0.39, 0.29) is 17.0 Å². The predicted molar refractivity (Wildman–Crippen MR) is 86.9 cm³/mol. The Morgan fingerprint density at radius 1 is 1.18 bits per heavy atom. The lowest BCUT2D eigenvalue weighted by Gasteiger charge is -2.32. The van der Waals surface area contributed by atoms with Crippen molar-refractivity contribution >= 4 is 5.82 Å². The van der Waals surface area contributed by atoms with Crippen LogP contribution in [0, 0.1) is 5.41 Å². The first kappa shape index (κ1) is 14.8. The Morgan fingerprint density at radius 3 is 2.59 bits per heavy atom. The van der Waals surface area contributed by atoms with Crippen LogP contribution in [0.25, 0.3) is 0 Å². The van der Waals surface area contributed by atoms with E-state index in [0.717, 1.165) is 30.8 Å². The summed E-state index contributed by atoms with van der Waals surface area (Å²) in [6.45, 7) is 7.19. The second-order valence-corrected chi connectivity index (χ2v) is 6.88. The molecule has 0 saturated heterocycles. The number of anilines is 1. The Bertz CT molecular complexity index is 716. The third-order valence-electron chi connectivity index (χ3n) is 4.09. The van der Waals surface area contributed by atoms with Gasteiger partial charge in [-0.05, 0) is 17.4 Å². The van der Waals surface area contributed by atoms with E-state index in [9.17, 15) is 4.79 Å². The second kappa shape index (κ2) is 5.55. The molecule has 3 rings (SSSR count). The van der Waals surface area contributed by atoms with Gasteiger partial charge < -0.3 is 5.32 Å². The average molecular weight is 298 g/mol. The lowest BCUT2D eigenvalue weighted by molar-refractivity contribution is 0.346. The molecule has 1 aliphatic heterocycles. The topological polar surface area (TPSA) is 59.8 Å². The molecule has 0 spiro atoms. The van der Waals surface area contributed by atoms with E-state index < -0.39 is 0 Å². The summed E-state index contributed by atoms with van der Waals surface area (Å²) in [6, 6.07) is 10.2. The van der Waals surface area contributed by atoms with Gasteiger partial charge in [0.15, 0.2) is 0 Å². The van der Waals surface area contributed by atoms with E-state index in [4.69, 9.17) is 0 Å². The van der Waals surface area contributed by atoms with Gasteiger partial charge in [0.05, 0.1) is 6.04 Å². The van der Waals surface area contributed by atoms with Crippen LogP contribution in [0.3, 0.4) is 0 Å². The van der Waals surface area contributed by atoms with Gasteiger partial charge >= 0.3 is 0 Å². The number of benzene rings is 1. The van der Waals surface area contributed by atoms with Crippen molar-refractivity contribution in [2.24, 2.45) is 5.41 Å². The molecule has 1 aromatic heterocycles. The Kier molecular flexibility index (Phi) is 3.72. The van der Waals surface area contributed by atoms with Crippen molar-refractivity contribution < 1.29 is 0 Å². The summed E-state index contributed by atoms with van der Waals surface area (Å²) < 4.78 is 1.74. The maximum Gasteiger partial charge on any atom is 0.296 e. The molecule has 1 N–H and O–H groups in total. The van der Waals surface area contributed by atoms with E-state index in [1.54, 1.807) is 4.57 Å². The third kappa shape index (κ3) is 2.75. The summed E-state index contributed by atoms with van der Waals surface area (Å²) in [6.07, 6.45) is 1.80. The molecule has 2 aromatic rings. The minimum atomic E-state index is -0.0623. The number of rotatable bonds is 3. The van der Waals surface area contributed by atoms with Crippen LogP contribution in [0.2, 0.25) is 0 Å². The highest BCUT2D eigenvalue weighted by Gasteiger charge is 2.28. The van der Waals surface area contributed by atoms with Gasteiger partial charge in [0.1, 0.15) is 5.82 Å². The number of aryl methyl sites for hydroxylation is 1. The van der Waals surface area contributed by atoms with Crippen LogP contribution < -0.4 is 10.9 Å². The molecule has 1 aromatic carbocycles. The summed E-state index contributed by atoms with van der Waals surface area (Å²) >= 11 is 0. The maximum absolute atomic E-state index is 12.6. The van der Waals surface area contributed by atoms with Crippen LogP contribution in [-0.4, -0.2) is 14.8 Å². The zero-order valence-corrected chi connectivity index (χ0v) is 13.3. The number of aromatic nitrogens is 3. The number of nitrogens with one attached hydrogen (secondary N) is 1. The fourth-order valence-corrected chi connectivity index (χ4v) is 2.93. The Morgan fingerprint density at radius 2 is 1.91 bits per heavy atom. The number of hydrogen-bond acceptors (Lipinski definition) is 4. The minimum Gasteiger partial charge on any atom is -0.357 e. The second-order valence-electron chi connectivity index (χ2n) is 6.88. The molecule has 1 unspecified atom stereocenters. The molecule has 5 heteroatoms. The zero-order valence-electron chi connectivity index (χ0n) is 13.3. The Hall–Kier alpha value is -2.17. The van der Waals surface area contributed by atoms with Gasteiger partial charge in [-0.25, -0.2) is 0 Å². The van der Waals surface area contributed by atoms with E-state index in [2.05, 4.69) is 48.4 Å². The number of nitrogens with zero attached hydrogens (tertiary/aromatic N) is 3. The van der Waals surface area contributed by atoms with E-state index >= 15 is 0 Å². The minimum absolute atomic E-state index is 0.00393. The average Bonchev–Trinajstić information content (AvgIpc) is 2.95. The van der Waals surface area contributed by atoms with Crippen molar-refractivity contribution in [1.82, 2.24) is 14.8 Å². The predicted octanol–water partition coefficient (Wildman–Crippen LogP) is 2.78. The van der Waals surface area contributed by atoms with Crippen molar-refractivity contribution in [3.8, 4) is 0 Å². The molecule has 0 amide bonds. The summed E-state index contributed by atoms with van der Waals surface area (Å²) in [7, 11) is 0. The van der Waals surface area contributed by atoms with Gasteiger partial charge in [-0.1, -0.05) is 51.1 Å². The fraction of sp³-hybridized carbons (Fsp3) is 0.471. The highest BCUT2D eigenvalue weighted by atomic mass is 16.1. The van der Waals surface area contributed by atoms with Crippen LogP contribution >= 0.6 is 0 Å². The van der Waals surface area contributed by atoms with Crippen LogP contribution in [0.15, 0.2) is 35.1 Å². The van der Waals surface area contributed by atoms with Crippen LogP contribution in [0.4, 0.5) is 5.82 Å². The first-order chi connectivity index (χ1) is 10.5. The quantitative estimate of drug-likeness (QED) is 0.946. The third-order valence-corrected chi connectivity index (χ3v) is 4.09. The van der Waals surface area contributed by atoms with Gasteiger partial charge in [-0.3, -0.25) is 9.36 Å². The highest BCUT2D eigenvalue weighted by molar-refractivity contribution is 5.37. The first-order valence-corrected chi connectivity index (χ1v) is 7.75.